The lowest BCUT2D eigenvalue weighted by atomic mass is 10.2. The quantitative estimate of drug-likeness (QED) is 0.473. The van der Waals surface area contributed by atoms with Gasteiger partial charge >= 0.3 is 5.69 Å². The zero-order valence-electron chi connectivity index (χ0n) is 17.4. The maximum atomic E-state index is 12.9. The molecular formula is C24H19N3O5S. The van der Waals surface area contributed by atoms with Gasteiger partial charge in [0.2, 0.25) is 5.91 Å². The van der Waals surface area contributed by atoms with Crippen LogP contribution >= 0.6 is 11.8 Å². The van der Waals surface area contributed by atoms with Crippen LogP contribution in [0.2, 0.25) is 0 Å². The van der Waals surface area contributed by atoms with Crippen molar-refractivity contribution in [1.29, 1.82) is 0 Å². The van der Waals surface area contributed by atoms with Gasteiger partial charge in [-0.2, -0.15) is 0 Å². The predicted octanol–water partition coefficient (Wildman–Crippen LogP) is 3.25. The zero-order valence-corrected chi connectivity index (χ0v) is 18.2. The Morgan fingerprint density at radius 2 is 1.67 bits per heavy atom. The van der Waals surface area contributed by atoms with Crippen LogP contribution in [0, 0.1) is 0 Å². The van der Waals surface area contributed by atoms with Crippen LogP contribution in [-0.4, -0.2) is 28.7 Å². The molecule has 9 heteroatoms. The van der Waals surface area contributed by atoms with Crippen LogP contribution in [0.1, 0.15) is 0 Å². The minimum atomic E-state index is -0.644. The number of rotatable bonds is 5. The first-order valence-corrected chi connectivity index (χ1v) is 11.1. The van der Waals surface area contributed by atoms with Gasteiger partial charge in [-0.3, -0.25) is 14.2 Å². The highest BCUT2D eigenvalue weighted by Crippen LogP contribution is 2.42. The first-order valence-electron chi connectivity index (χ1n) is 10.3. The van der Waals surface area contributed by atoms with E-state index in [1.165, 1.54) is 11.8 Å². The van der Waals surface area contributed by atoms with Crippen molar-refractivity contribution in [3.63, 3.8) is 0 Å². The molecule has 0 fully saturated rings. The molecule has 3 aromatic carbocycles. The summed E-state index contributed by atoms with van der Waals surface area (Å²) in [5, 5.41) is 3.16. The number of hydrogen-bond acceptors (Lipinski definition) is 6. The average Bonchev–Trinajstić information content (AvgIpc) is 2.83. The summed E-state index contributed by atoms with van der Waals surface area (Å²) in [5.41, 5.74) is -0.235. The molecular weight excluding hydrogens is 442 g/mol. The fourth-order valence-corrected chi connectivity index (χ4v) is 4.48. The van der Waals surface area contributed by atoms with Crippen LogP contribution in [0.25, 0.3) is 10.9 Å². The van der Waals surface area contributed by atoms with Gasteiger partial charge in [-0.1, -0.05) is 42.1 Å². The molecule has 0 radical (unpaired) electrons. The fraction of sp³-hybridized carbons (Fsp3) is 0.125. The number of amides is 1. The van der Waals surface area contributed by atoms with Crippen molar-refractivity contribution in [2.24, 2.45) is 0 Å². The molecule has 0 aliphatic carbocycles. The normalized spacial score (nSPS) is 12.5. The van der Waals surface area contributed by atoms with Crippen molar-refractivity contribution in [2.45, 2.75) is 16.3 Å². The van der Waals surface area contributed by atoms with Crippen LogP contribution in [0.3, 0.4) is 0 Å². The molecule has 0 saturated carbocycles. The molecule has 0 atom stereocenters. The topological polar surface area (TPSA) is 102 Å². The number of anilines is 1. The van der Waals surface area contributed by atoms with Crippen molar-refractivity contribution < 1.29 is 14.3 Å². The largest absolute Gasteiger partial charge is 0.486 e. The lowest BCUT2D eigenvalue weighted by Gasteiger charge is -2.21. The summed E-state index contributed by atoms with van der Waals surface area (Å²) in [6, 6.07) is 19.9. The summed E-state index contributed by atoms with van der Waals surface area (Å²) in [4.78, 5) is 42.4. The Morgan fingerprint density at radius 1 is 0.970 bits per heavy atom. The number of H-pyrrole nitrogens is 1. The van der Waals surface area contributed by atoms with Crippen LogP contribution in [0.4, 0.5) is 5.69 Å². The second-order valence-electron chi connectivity index (χ2n) is 7.32. The van der Waals surface area contributed by atoms with Gasteiger partial charge in [-0.15, -0.1) is 0 Å². The van der Waals surface area contributed by atoms with E-state index in [0.29, 0.717) is 41.3 Å². The minimum Gasteiger partial charge on any atom is -0.486 e. The van der Waals surface area contributed by atoms with E-state index >= 15 is 0 Å². The molecule has 1 aliphatic heterocycles. The molecule has 1 aromatic heterocycles. The van der Waals surface area contributed by atoms with Gasteiger partial charge in [0.25, 0.3) is 5.56 Å². The summed E-state index contributed by atoms with van der Waals surface area (Å²) in [5.74, 6) is 0.610. The van der Waals surface area contributed by atoms with Crippen molar-refractivity contribution in [1.82, 2.24) is 9.55 Å². The third kappa shape index (κ3) is 4.35. The van der Waals surface area contributed by atoms with Crippen LogP contribution in [0.5, 0.6) is 11.5 Å². The number of nitrogens with one attached hydrogen (secondary N) is 2. The molecule has 2 heterocycles. The lowest BCUT2D eigenvalue weighted by Crippen LogP contribution is -2.38. The van der Waals surface area contributed by atoms with E-state index in [4.69, 9.17) is 9.47 Å². The van der Waals surface area contributed by atoms with Gasteiger partial charge in [-0.25, -0.2) is 4.79 Å². The van der Waals surface area contributed by atoms with E-state index in [2.05, 4.69) is 10.3 Å². The molecule has 0 unspecified atom stereocenters. The number of carbonyl (C=O) groups is 1. The highest BCUT2D eigenvalue weighted by atomic mass is 32.2. The second-order valence-corrected chi connectivity index (χ2v) is 8.44. The maximum absolute atomic E-state index is 12.9. The minimum absolute atomic E-state index is 0.338. The fourth-order valence-electron chi connectivity index (χ4n) is 3.54. The van der Waals surface area contributed by atoms with Crippen LogP contribution in [0.15, 0.2) is 86.1 Å². The number of para-hydroxylation sites is 1. The van der Waals surface area contributed by atoms with E-state index in [9.17, 15) is 14.4 Å². The molecule has 1 aliphatic rings. The Kier molecular flexibility index (Phi) is 5.62. The molecule has 0 spiro atoms. The van der Waals surface area contributed by atoms with E-state index in [0.717, 1.165) is 14.4 Å². The first kappa shape index (κ1) is 20.9. The second kappa shape index (κ2) is 8.87. The molecule has 0 bridgehead atoms. The number of carbonyl (C=O) groups excluding carboxylic acids is 1. The molecule has 4 aromatic rings. The highest BCUT2D eigenvalue weighted by Gasteiger charge is 2.19. The summed E-state index contributed by atoms with van der Waals surface area (Å²) < 4.78 is 12.2. The van der Waals surface area contributed by atoms with Crippen molar-refractivity contribution in [2.75, 3.05) is 18.5 Å². The van der Waals surface area contributed by atoms with E-state index in [-0.39, 0.29) is 0 Å². The summed E-state index contributed by atoms with van der Waals surface area (Å²) in [7, 11) is 0. The Labute approximate surface area is 192 Å². The van der Waals surface area contributed by atoms with Gasteiger partial charge in [0.1, 0.15) is 19.8 Å². The number of hydrogen-bond donors (Lipinski definition) is 2. The van der Waals surface area contributed by atoms with Crippen molar-refractivity contribution in [3.05, 3.63) is 87.6 Å². The highest BCUT2D eigenvalue weighted by molar-refractivity contribution is 7.99. The molecule has 33 heavy (non-hydrogen) atoms. The first-order chi connectivity index (χ1) is 16.1. The molecule has 0 saturated heterocycles. The zero-order chi connectivity index (χ0) is 22.8. The predicted molar refractivity (Wildman–Crippen MR) is 125 cm³/mol. The third-order valence-electron chi connectivity index (χ3n) is 5.08. The standard InChI is InChI=1S/C24H19N3O5S/c28-22(14-27-23(29)16-8-4-5-9-17(16)26-24(27)30)25-18-12-19-20(32-11-10-31-19)13-21(18)33-15-6-2-1-3-7-15/h1-9,12-13H,10-11,14H2,(H,25,28)(H,26,30). The molecule has 8 nitrogen and oxygen atoms in total. The lowest BCUT2D eigenvalue weighted by molar-refractivity contribution is -0.116. The Bertz CT molecular complexity index is 1460. The molecule has 2 N–H and O–H groups in total. The number of ether oxygens (including phenoxy) is 2. The Balaban J connectivity index is 1.46. The number of aromatic nitrogens is 2. The van der Waals surface area contributed by atoms with E-state index in [1.807, 2.05) is 36.4 Å². The smallest absolute Gasteiger partial charge is 0.329 e. The summed E-state index contributed by atoms with van der Waals surface area (Å²) in [6.45, 7) is 0.429. The van der Waals surface area contributed by atoms with E-state index < -0.39 is 23.7 Å². The number of benzene rings is 3. The van der Waals surface area contributed by atoms with Crippen molar-refractivity contribution >= 4 is 34.3 Å². The molecule has 1 amide bonds. The number of aromatic amines is 1. The van der Waals surface area contributed by atoms with Crippen LogP contribution < -0.4 is 26.0 Å². The van der Waals surface area contributed by atoms with E-state index in [1.54, 1.807) is 30.3 Å². The Morgan fingerprint density at radius 3 is 2.45 bits per heavy atom. The van der Waals surface area contributed by atoms with Gasteiger partial charge in [0.05, 0.1) is 16.6 Å². The summed E-state index contributed by atoms with van der Waals surface area (Å²) in [6.07, 6.45) is 0. The summed E-state index contributed by atoms with van der Waals surface area (Å²) >= 11 is 1.46. The molecule has 5 rings (SSSR count). The third-order valence-corrected chi connectivity index (χ3v) is 6.15. The van der Waals surface area contributed by atoms with Gasteiger partial charge < -0.3 is 19.8 Å². The molecule has 166 valence electrons. The SMILES string of the molecule is O=C(Cn1c(=O)[nH]c2ccccc2c1=O)Nc1cc2c(cc1Sc1ccccc1)OCCO2. The van der Waals surface area contributed by atoms with Gasteiger partial charge in [0, 0.05) is 21.9 Å². The Hall–Kier alpha value is -3.98. The number of nitrogens with zero attached hydrogens (tertiary/aromatic N) is 1. The maximum Gasteiger partial charge on any atom is 0.329 e. The van der Waals surface area contributed by atoms with Crippen LogP contribution in [-0.2, 0) is 11.3 Å². The van der Waals surface area contributed by atoms with Crippen molar-refractivity contribution in [3.8, 4) is 11.5 Å². The number of fused-ring (bicyclic) bond motifs is 2. The van der Waals surface area contributed by atoms with Gasteiger partial charge in [0.15, 0.2) is 11.5 Å². The average molecular weight is 461 g/mol. The monoisotopic (exact) mass is 461 g/mol. The van der Waals surface area contributed by atoms with Gasteiger partial charge in [-0.05, 0) is 24.3 Å².